The van der Waals surface area contributed by atoms with E-state index in [9.17, 15) is 14.7 Å². The minimum absolute atomic E-state index is 0.0145. The number of aliphatic hydroxyl groups is 1. The number of hydrogen-bond acceptors (Lipinski definition) is 6. The molecule has 1 aromatic heterocycles. The summed E-state index contributed by atoms with van der Waals surface area (Å²) >= 11 is 6.18. The fraction of sp³-hybridized carbons (Fsp3) is 0.172. The minimum atomic E-state index is -0.894. The summed E-state index contributed by atoms with van der Waals surface area (Å²) in [6.07, 6.45) is -0.0145. The van der Waals surface area contributed by atoms with E-state index in [0.717, 1.165) is 0 Å². The summed E-state index contributed by atoms with van der Waals surface area (Å²) in [7, 11) is 1.47. The molecule has 1 amide bonds. The number of anilines is 1. The van der Waals surface area contributed by atoms with E-state index < -0.39 is 23.5 Å². The summed E-state index contributed by atoms with van der Waals surface area (Å²) in [5, 5.41) is 12.0. The molecule has 1 aliphatic heterocycles. The zero-order valence-corrected chi connectivity index (χ0v) is 21.2. The number of nitrogens with zero attached hydrogens (tertiary/aromatic N) is 1. The number of furan rings is 1. The van der Waals surface area contributed by atoms with Crippen molar-refractivity contribution in [1.29, 1.82) is 0 Å². The van der Waals surface area contributed by atoms with E-state index in [1.54, 1.807) is 60.7 Å². The number of ether oxygens (including phenoxy) is 2. The van der Waals surface area contributed by atoms with Crippen LogP contribution in [0.25, 0.3) is 11.0 Å². The molecule has 3 aromatic carbocycles. The van der Waals surface area contributed by atoms with Gasteiger partial charge in [0.1, 0.15) is 5.75 Å². The Kier molecular flexibility index (Phi) is 6.39. The fourth-order valence-electron chi connectivity index (χ4n) is 4.49. The van der Waals surface area contributed by atoms with Crippen LogP contribution < -0.4 is 14.4 Å². The Bertz CT molecular complexity index is 1520. The number of benzene rings is 3. The fourth-order valence-corrected chi connectivity index (χ4v) is 4.71. The van der Waals surface area contributed by atoms with Crippen LogP contribution in [-0.4, -0.2) is 30.0 Å². The summed E-state index contributed by atoms with van der Waals surface area (Å²) in [6, 6.07) is 19.8. The zero-order valence-electron chi connectivity index (χ0n) is 20.4. The molecule has 0 aliphatic carbocycles. The van der Waals surface area contributed by atoms with Crippen molar-refractivity contribution in [2.75, 3.05) is 12.0 Å². The lowest BCUT2D eigenvalue weighted by Crippen LogP contribution is -2.31. The second-order valence-corrected chi connectivity index (χ2v) is 9.31. The first kappa shape index (κ1) is 24.5. The van der Waals surface area contributed by atoms with Gasteiger partial charge < -0.3 is 19.0 Å². The third-order valence-corrected chi connectivity index (χ3v) is 6.26. The number of rotatable bonds is 7. The molecule has 0 saturated carbocycles. The molecule has 1 aliphatic rings. The molecular formula is C29H24ClNO6. The number of halogens is 1. The van der Waals surface area contributed by atoms with Crippen molar-refractivity contribution in [3.63, 3.8) is 0 Å². The van der Waals surface area contributed by atoms with Gasteiger partial charge in [-0.25, -0.2) is 0 Å². The lowest BCUT2D eigenvalue weighted by atomic mass is 9.94. The first-order chi connectivity index (χ1) is 17.8. The molecule has 7 nitrogen and oxygen atoms in total. The van der Waals surface area contributed by atoms with Crippen LogP contribution in [-0.2, 0) is 4.79 Å². The molecular weight excluding hydrogens is 494 g/mol. The molecule has 1 N–H and O–H groups in total. The molecule has 0 saturated heterocycles. The number of Topliss-reactive ketones (excluding diaryl/α,β-unsaturated/α-hetero) is 1. The average Bonchev–Trinajstić information content (AvgIpc) is 3.42. The predicted molar refractivity (Wildman–Crippen MR) is 141 cm³/mol. The quantitative estimate of drug-likeness (QED) is 0.275. The predicted octanol–water partition coefficient (Wildman–Crippen LogP) is 6.66. The summed E-state index contributed by atoms with van der Waals surface area (Å²) in [5.41, 5.74) is 1.41. The highest BCUT2D eigenvalue weighted by Gasteiger charge is 2.45. The molecule has 8 heteroatoms. The van der Waals surface area contributed by atoms with Crippen LogP contribution in [0.2, 0.25) is 5.02 Å². The Balaban J connectivity index is 1.63. The van der Waals surface area contributed by atoms with E-state index >= 15 is 0 Å². The van der Waals surface area contributed by atoms with Gasteiger partial charge >= 0.3 is 0 Å². The van der Waals surface area contributed by atoms with Crippen molar-refractivity contribution in [2.45, 2.75) is 26.0 Å². The van der Waals surface area contributed by atoms with Crippen molar-refractivity contribution in [3.05, 3.63) is 100 Å². The topological polar surface area (TPSA) is 89.2 Å². The SMILES string of the molecule is COc1cc(Cl)cc2cc(C(=O)C3=C(O)C(=O)N(c4ccccc4)C3c3ccc(OC(C)C)cc3)oc12. The molecule has 0 spiro atoms. The summed E-state index contributed by atoms with van der Waals surface area (Å²) in [6.45, 7) is 3.85. The van der Waals surface area contributed by atoms with Crippen molar-refractivity contribution in [3.8, 4) is 11.5 Å². The van der Waals surface area contributed by atoms with Gasteiger partial charge in [-0.3, -0.25) is 14.5 Å². The van der Waals surface area contributed by atoms with E-state index in [0.29, 0.717) is 38.7 Å². The Morgan fingerprint density at radius 1 is 1.05 bits per heavy atom. The smallest absolute Gasteiger partial charge is 0.294 e. The van der Waals surface area contributed by atoms with E-state index in [1.807, 2.05) is 19.9 Å². The molecule has 1 unspecified atom stereocenters. The summed E-state index contributed by atoms with van der Waals surface area (Å²) in [5.74, 6) is -0.969. The number of methoxy groups -OCH3 is 1. The van der Waals surface area contributed by atoms with Gasteiger partial charge in [-0.2, -0.15) is 0 Å². The largest absolute Gasteiger partial charge is 0.503 e. The van der Waals surface area contributed by atoms with Crippen LogP contribution in [0.4, 0.5) is 5.69 Å². The molecule has 188 valence electrons. The highest BCUT2D eigenvalue weighted by Crippen LogP contribution is 2.43. The Labute approximate surface area is 218 Å². The van der Waals surface area contributed by atoms with Gasteiger partial charge in [-0.15, -0.1) is 0 Å². The lowest BCUT2D eigenvalue weighted by Gasteiger charge is -2.27. The minimum Gasteiger partial charge on any atom is -0.503 e. The Hall–Kier alpha value is -4.23. The second kappa shape index (κ2) is 9.67. The molecule has 0 bridgehead atoms. The maximum atomic E-state index is 13.8. The van der Waals surface area contributed by atoms with Crippen LogP contribution in [0.5, 0.6) is 11.5 Å². The average molecular weight is 518 g/mol. The molecule has 0 radical (unpaired) electrons. The number of carbonyl (C=O) groups excluding carboxylic acids is 2. The Morgan fingerprint density at radius 3 is 2.41 bits per heavy atom. The first-order valence-corrected chi connectivity index (χ1v) is 12.1. The third kappa shape index (κ3) is 4.42. The molecule has 37 heavy (non-hydrogen) atoms. The number of amides is 1. The van der Waals surface area contributed by atoms with Crippen LogP contribution in [0.1, 0.15) is 36.0 Å². The maximum absolute atomic E-state index is 13.8. The van der Waals surface area contributed by atoms with E-state index in [1.165, 1.54) is 18.1 Å². The van der Waals surface area contributed by atoms with Gasteiger partial charge in [0.15, 0.2) is 22.9 Å². The van der Waals surface area contributed by atoms with Crippen molar-refractivity contribution < 1.29 is 28.6 Å². The number of para-hydroxylation sites is 1. The third-order valence-electron chi connectivity index (χ3n) is 6.05. The zero-order chi connectivity index (χ0) is 26.3. The van der Waals surface area contributed by atoms with E-state index in [2.05, 4.69) is 0 Å². The van der Waals surface area contributed by atoms with Gasteiger partial charge in [0.2, 0.25) is 5.78 Å². The summed E-state index contributed by atoms with van der Waals surface area (Å²) in [4.78, 5) is 28.6. The number of ketones is 1. The molecule has 4 aromatic rings. The van der Waals surface area contributed by atoms with Crippen LogP contribution in [0.3, 0.4) is 0 Å². The van der Waals surface area contributed by atoms with Crippen molar-refractivity contribution in [2.24, 2.45) is 0 Å². The number of carbonyl (C=O) groups is 2. The van der Waals surface area contributed by atoms with Crippen LogP contribution in [0, 0.1) is 0 Å². The Morgan fingerprint density at radius 2 is 1.76 bits per heavy atom. The van der Waals surface area contributed by atoms with Crippen molar-refractivity contribution >= 4 is 39.9 Å². The van der Waals surface area contributed by atoms with E-state index in [4.69, 9.17) is 25.5 Å². The van der Waals surface area contributed by atoms with Gasteiger partial charge in [0.05, 0.1) is 24.8 Å². The monoisotopic (exact) mass is 517 g/mol. The first-order valence-electron chi connectivity index (χ1n) is 11.7. The molecule has 2 heterocycles. The molecule has 0 fully saturated rings. The second-order valence-electron chi connectivity index (χ2n) is 8.88. The normalized spacial score (nSPS) is 15.6. The number of aliphatic hydroxyl groups excluding tert-OH is 1. The molecule has 1 atom stereocenters. The van der Waals surface area contributed by atoms with Crippen LogP contribution >= 0.6 is 11.6 Å². The highest BCUT2D eigenvalue weighted by molar-refractivity contribution is 6.31. The maximum Gasteiger partial charge on any atom is 0.294 e. The number of hydrogen-bond donors (Lipinski definition) is 1. The van der Waals surface area contributed by atoms with Gasteiger partial charge in [0, 0.05) is 22.2 Å². The summed E-state index contributed by atoms with van der Waals surface area (Å²) < 4.78 is 17.0. The van der Waals surface area contributed by atoms with Gasteiger partial charge in [-0.1, -0.05) is 41.9 Å². The number of fused-ring (bicyclic) bond motifs is 1. The highest BCUT2D eigenvalue weighted by atomic mass is 35.5. The van der Waals surface area contributed by atoms with Crippen molar-refractivity contribution in [1.82, 2.24) is 0 Å². The van der Waals surface area contributed by atoms with Crippen LogP contribution in [0.15, 0.2) is 88.5 Å². The van der Waals surface area contributed by atoms with E-state index in [-0.39, 0.29) is 17.4 Å². The van der Waals surface area contributed by atoms with Gasteiger partial charge in [-0.05, 0) is 55.8 Å². The molecule has 5 rings (SSSR count). The standard InChI is InChI=1S/C29H24ClNO6/c1-16(2)36-21-11-9-17(10-12-21)25-24(27(33)29(34)31(25)20-7-5-4-6-8-20)26(32)22-14-18-13-19(30)15-23(35-3)28(18)37-22/h4-16,25,33H,1-3H3. The lowest BCUT2D eigenvalue weighted by molar-refractivity contribution is -0.117. The van der Waals surface area contributed by atoms with Gasteiger partial charge in [0.25, 0.3) is 5.91 Å².